The van der Waals surface area contributed by atoms with Crippen LogP contribution in [0.2, 0.25) is 5.04 Å². The Labute approximate surface area is 479 Å². The van der Waals surface area contributed by atoms with Gasteiger partial charge in [0.05, 0.1) is 46.8 Å². The molecule has 0 amide bonds. The molecule has 11 atom stereocenters. The topological polar surface area (TPSA) is 160 Å². The molecule has 0 aliphatic carbocycles. The van der Waals surface area contributed by atoms with E-state index in [0.717, 1.165) is 32.6 Å². The smallest absolute Gasteiger partial charge is 0.320 e. The summed E-state index contributed by atoms with van der Waals surface area (Å²) >= 11 is 0. The van der Waals surface area contributed by atoms with E-state index in [2.05, 4.69) is 55.1 Å². The molecule has 82 heavy (non-hydrogen) atoms. The maximum absolute atomic E-state index is 17.1. The normalized spacial score (nSPS) is 24.6. The van der Waals surface area contributed by atoms with Gasteiger partial charge in [-0.1, -0.05) is 196 Å². The van der Waals surface area contributed by atoms with Crippen LogP contribution in [0.1, 0.15) is 54.9 Å². The molecular weight excluding hydrogens is 1060 g/mol. The quantitative estimate of drug-likeness (QED) is 0.0259. The summed E-state index contributed by atoms with van der Waals surface area (Å²) in [6.45, 7) is 6.91. The fraction of sp³-hybridized carbons (Fsp3) is 0.354. The molecule has 3 heterocycles. The van der Waals surface area contributed by atoms with E-state index in [0.29, 0.717) is 11.3 Å². The van der Waals surface area contributed by atoms with Gasteiger partial charge in [0.2, 0.25) is 0 Å². The second-order valence-electron chi connectivity index (χ2n) is 21.5. The van der Waals surface area contributed by atoms with E-state index < -0.39 is 86.8 Å². The minimum Gasteiger partial charge on any atom is -0.532 e. The van der Waals surface area contributed by atoms with Gasteiger partial charge in [0.15, 0.2) is 24.7 Å². The van der Waals surface area contributed by atoms with Gasteiger partial charge in [-0.2, -0.15) is 0 Å². The van der Waals surface area contributed by atoms with Crippen molar-refractivity contribution in [1.29, 1.82) is 0 Å². The van der Waals surface area contributed by atoms with Crippen molar-refractivity contribution in [3.8, 4) is 11.5 Å². The molecule has 7 aromatic carbocycles. The zero-order valence-electron chi connectivity index (χ0n) is 46.7. The van der Waals surface area contributed by atoms with E-state index in [1.165, 1.54) is 13.2 Å². The molecule has 0 radical (unpaired) electrons. The predicted molar refractivity (Wildman–Crippen MR) is 308 cm³/mol. The van der Waals surface area contributed by atoms with Crippen LogP contribution < -0.4 is 19.5 Å². The minimum absolute atomic E-state index is 0.00991. The van der Waals surface area contributed by atoms with Gasteiger partial charge in [-0.05, 0) is 67.5 Å². The molecule has 3 aliphatic heterocycles. The van der Waals surface area contributed by atoms with Crippen molar-refractivity contribution < 1.29 is 60.9 Å². The Morgan fingerprint density at radius 3 is 1.73 bits per heavy atom. The van der Waals surface area contributed by atoms with Crippen LogP contribution in [0.4, 0.5) is 4.39 Å². The third-order valence-corrected chi connectivity index (χ3v) is 20.0. The van der Waals surface area contributed by atoms with Crippen LogP contribution in [0, 0.1) is 5.82 Å². The van der Waals surface area contributed by atoms with E-state index in [1.807, 2.05) is 158 Å². The van der Waals surface area contributed by atoms with Crippen molar-refractivity contribution >= 4 is 18.7 Å². The molecule has 0 saturated carbocycles. The standard InChI is InChI=1S/C65H70FN3O12Si/c1-65(2,3)82(50-27-17-9-18-28-50,51-29-19-10-20-30-51)81-53-36-33-47(37-52(53)66)41-74-60-58-55(43-76-62(79-58)48-25-15-8-16-26-48)78-64(61(60)75-40-46-31-34-49(70-4)35-32-46)80-57-54(42-72-38-44-21-11-6-12-22-44)77-63(71-5)56(68-69-67)59(57)73-39-45-23-13-7-14-24-45/h6-37,54-64H,38-43H2,1-5H3/t54-,55-,56-,57-,58-,59-,60+,61+,62?,63+,64+/m1/s1. The summed E-state index contributed by atoms with van der Waals surface area (Å²) in [5, 5.41) is 5.83. The van der Waals surface area contributed by atoms with Crippen LogP contribution in [0.3, 0.4) is 0 Å². The molecule has 3 aliphatic rings. The number of fused-ring (bicyclic) bond motifs is 1. The van der Waals surface area contributed by atoms with Crippen LogP contribution in [-0.2, 0) is 73.8 Å². The highest BCUT2D eigenvalue weighted by Gasteiger charge is 2.56. The maximum atomic E-state index is 17.1. The Morgan fingerprint density at radius 1 is 0.598 bits per heavy atom. The molecule has 0 aromatic heterocycles. The SMILES string of the molecule is COc1ccc(CO[C@@H]2[C@H](O[C@H]3[C@H](OCc4ccccc4)[C@@H](N=[N+]=[N-])[C@@H](OC)O[C@@H]3COCc3ccccc3)O[C@@H]3COC(c4ccccc4)O[C@H]3[C@@H]2OCc2ccc(O[Si](c3ccccc3)(c3ccccc3)C(C)(C)C)c(F)c2)cc1. The van der Waals surface area contributed by atoms with Crippen molar-refractivity contribution in [2.45, 2.75) is 120 Å². The molecular formula is C65H70FN3O12Si. The number of methoxy groups -OCH3 is 2. The molecule has 17 heteroatoms. The highest BCUT2D eigenvalue weighted by molar-refractivity contribution is 7.00. The van der Waals surface area contributed by atoms with E-state index in [9.17, 15) is 5.53 Å². The third-order valence-electron chi connectivity index (χ3n) is 15.1. The molecule has 1 unspecified atom stereocenters. The number of benzene rings is 7. The molecule has 0 N–H and O–H groups in total. The second kappa shape index (κ2) is 27.5. The summed E-state index contributed by atoms with van der Waals surface area (Å²) in [6.07, 6.45) is -9.60. The average Bonchev–Trinajstić information content (AvgIpc) is 2.87. The molecule has 15 nitrogen and oxygen atoms in total. The van der Waals surface area contributed by atoms with Crippen molar-refractivity contribution in [1.82, 2.24) is 0 Å². The number of halogens is 1. The van der Waals surface area contributed by atoms with Crippen LogP contribution in [0.15, 0.2) is 199 Å². The Morgan fingerprint density at radius 2 is 1.15 bits per heavy atom. The first kappa shape index (κ1) is 58.4. The largest absolute Gasteiger partial charge is 0.532 e. The van der Waals surface area contributed by atoms with E-state index >= 15 is 4.39 Å². The average molecular weight is 1130 g/mol. The highest BCUT2D eigenvalue weighted by Crippen LogP contribution is 2.42. The van der Waals surface area contributed by atoms with Crippen molar-refractivity contribution in [3.63, 3.8) is 0 Å². The van der Waals surface area contributed by atoms with Gasteiger partial charge in [-0.15, -0.1) is 0 Å². The Balaban J connectivity index is 1.01. The number of hydrogen-bond acceptors (Lipinski definition) is 13. The van der Waals surface area contributed by atoms with Crippen molar-refractivity contribution in [3.05, 3.63) is 238 Å². The number of azide groups is 1. The summed E-state index contributed by atoms with van der Waals surface area (Å²) in [7, 11) is -0.108. The number of rotatable bonds is 23. The van der Waals surface area contributed by atoms with Gasteiger partial charge in [-0.25, -0.2) is 4.39 Å². The van der Waals surface area contributed by atoms with Crippen molar-refractivity contribution in [2.75, 3.05) is 27.4 Å². The zero-order valence-corrected chi connectivity index (χ0v) is 47.7. The summed E-state index contributed by atoms with van der Waals surface area (Å²) in [4.78, 5) is 3.23. The molecule has 428 valence electrons. The monoisotopic (exact) mass is 1130 g/mol. The zero-order chi connectivity index (χ0) is 56.9. The van der Waals surface area contributed by atoms with E-state index in [-0.39, 0.29) is 45.4 Å². The van der Waals surface area contributed by atoms with Crippen molar-refractivity contribution in [2.24, 2.45) is 5.11 Å². The summed E-state index contributed by atoms with van der Waals surface area (Å²) in [6, 6.07) is 60.7. The van der Waals surface area contributed by atoms with Gasteiger partial charge in [0.25, 0.3) is 0 Å². The molecule has 3 fully saturated rings. The Kier molecular flexibility index (Phi) is 19.6. The fourth-order valence-electron chi connectivity index (χ4n) is 11.0. The summed E-state index contributed by atoms with van der Waals surface area (Å²) < 4.78 is 97.0. The second-order valence-corrected chi connectivity index (χ2v) is 25.7. The number of ether oxygens (including phenoxy) is 11. The lowest BCUT2D eigenvalue weighted by Crippen LogP contribution is -2.68. The van der Waals surface area contributed by atoms with Crippen LogP contribution in [-0.4, -0.2) is 97.1 Å². The van der Waals surface area contributed by atoms with Crippen LogP contribution >= 0.6 is 0 Å². The van der Waals surface area contributed by atoms with Gasteiger partial charge >= 0.3 is 8.32 Å². The van der Waals surface area contributed by atoms with E-state index in [1.54, 1.807) is 13.2 Å². The minimum atomic E-state index is -3.20. The van der Waals surface area contributed by atoms with Gasteiger partial charge in [0.1, 0.15) is 60.3 Å². The Hall–Kier alpha value is -6.80. The van der Waals surface area contributed by atoms with Gasteiger partial charge < -0.3 is 56.5 Å². The third kappa shape index (κ3) is 13.6. The molecule has 3 saturated heterocycles. The molecule has 0 spiro atoms. The maximum Gasteiger partial charge on any atom is 0.320 e. The highest BCUT2D eigenvalue weighted by atomic mass is 28.4. The first-order valence-electron chi connectivity index (χ1n) is 27.6. The molecule has 7 aromatic rings. The van der Waals surface area contributed by atoms with Gasteiger partial charge in [-0.3, -0.25) is 0 Å². The predicted octanol–water partition coefficient (Wildman–Crippen LogP) is 11.3. The summed E-state index contributed by atoms with van der Waals surface area (Å²) in [5.74, 6) is 0.269. The fourth-order valence-corrected chi connectivity index (χ4v) is 15.4. The number of hydrogen-bond donors (Lipinski definition) is 0. The first-order chi connectivity index (χ1) is 40.0. The summed E-state index contributed by atoms with van der Waals surface area (Å²) in [5.41, 5.74) is 14.0. The lowest BCUT2D eigenvalue weighted by Gasteiger charge is -2.51. The first-order valence-corrected chi connectivity index (χ1v) is 29.5. The van der Waals surface area contributed by atoms with E-state index in [4.69, 9.17) is 56.5 Å². The number of nitrogens with zero attached hydrogens (tertiary/aromatic N) is 3. The van der Waals surface area contributed by atoms with Gasteiger partial charge in [0, 0.05) is 17.6 Å². The molecule has 10 rings (SSSR count). The van der Waals surface area contributed by atoms with Crippen LogP contribution in [0.5, 0.6) is 11.5 Å². The van der Waals surface area contributed by atoms with Crippen LogP contribution in [0.25, 0.3) is 10.4 Å². The lowest BCUT2D eigenvalue weighted by atomic mass is 9.94. The lowest BCUT2D eigenvalue weighted by molar-refractivity contribution is -0.390. The Bertz CT molecular complexity index is 3090. The molecule has 0 bridgehead atoms.